The number of nitrogens with zero attached hydrogens (tertiary/aromatic N) is 2. The zero-order valence-electron chi connectivity index (χ0n) is 10.2. The van der Waals surface area contributed by atoms with Crippen LogP contribution in [0.15, 0.2) is 36.5 Å². The third kappa shape index (κ3) is 3.36. The fraction of sp³-hybridized carbons (Fsp3) is 0.167. The molecule has 112 valence electrons. The van der Waals surface area contributed by atoms with Crippen LogP contribution in [0.25, 0.3) is 0 Å². The molecule has 2 rings (SSSR count). The number of hydrogen-bond donors (Lipinski definition) is 1. The Morgan fingerprint density at radius 3 is 2.57 bits per heavy atom. The normalized spacial score (nSPS) is 11.7. The fourth-order valence-corrected chi connectivity index (χ4v) is 1.62. The van der Waals surface area contributed by atoms with Crippen molar-refractivity contribution in [3.63, 3.8) is 0 Å². The molecular formula is C12H8F5N3O. The number of anilines is 1. The van der Waals surface area contributed by atoms with Gasteiger partial charge in [0, 0.05) is 11.9 Å². The molecule has 0 aliphatic rings. The second-order valence-electron chi connectivity index (χ2n) is 3.97. The lowest BCUT2D eigenvalue weighted by molar-refractivity contribution is -0.137. The van der Waals surface area contributed by atoms with Crippen LogP contribution in [0.4, 0.5) is 27.6 Å². The van der Waals surface area contributed by atoms with Crippen LogP contribution in [-0.2, 0) is 6.18 Å². The molecule has 0 unspecified atom stereocenters. The molecular weight excluding hydrogens is 297 g/mol. The predicted molar refractivity (Wildman–Crippen MR) is 62.9 cm³/mol. The van der Waals surface area contributed by atoms with E-state index in [9.17, 15) is 26.7 Å². The highest BCUT2D eigenvalue weighted by molar-refractivity contribution is 6.03. The number of halogens is 5. The van der Waals surface area contributed by atoms with Crippen LogP contribution in [-0.4, -0.2) is 15.7 Å². The summed E-state index contributed by atoms with van der Waals surface area (Å²) in [6.45, 7) is -3.03. The van der Waals surface area contributed by atoms with Gasteiger partial charge >= 0.3 is 12.7 Å². The van der Waals surface area contributed by atoms with Crippen molar-refractivity contribution in [2.24, 2.45) is 0 Å². The Balaban J connectivity index is 2.22. The van der Waals surface area contributed by atoms with E-state index in [0.717, 1.165) is 24.4 Å². The lowest BCUT2D eigenvalue weighted by Gasteiger charge is -2.10. The highest BCUT2D eigenvalue weighted by atomic mass is 19.4. The number of nitrogens with one attached hydrogen (secondary N) is 1. The zero-order chi connectivity index (χ0) is 15.6. The summed E-state index contributed by atoms with van der Waals surface area (Å²) in [5, 5.41) is 5.38. The molecule has 1 aromatic carbocycles. The second kappa shape index (κ2) is 5.51. The molecule has 1 heterocycles. The van der Waals surface area contributed by atoms with Gasteiger partial charge in [0.1, 0.15) is 5.69 Å². The predicted octanol–water partition coefficient (Wildman–Crippen LogP) is 3.55. The molecule has 1 N–H and O–H groups in total. The van der Waals surface area contributed by atoms with Crippen molar-refractivity contribution < 1.29 is 26.7 Å². The topological polar surface area (TPSA) is 46.9 Å². The summed E-state index contributed by atoms with van der Waals surface area (Å²) in [6.07, 6.45) is -3.57. The number of alkyl halides is 5. The first-order valence-electron chi connectivity index (χ1n) is 5.59. The molecule has 0 fully saturated rings. The van der Waals surface area contributed by atoms with Crippen LogP contribution in [0.1, 0.15) is 22.6 Å². The number of carbonyl (C=O) groups excluding carboxylic acids is 1. The van der Waals surface area contributed by atoms with Crippen molar-refractivity contribution in [2.45, 2.75) is 12.7 Å². The monoisotopic (exact) mass is 305 g/mol. The van der Waals surface area contributed by atoms with Gasteiger partial charge in [0.05, 0.1) is 5.56 Å². The van der Waals surface area contributed by atoms with Crippen molar-refractivity contribution >= 4 is 11.6 Å². The Hall–Kier alpha value is -2.45. The maximum Gasteiger partial charge on any atom is 0.416 e. The van der Waals surface area contributed by atoms with E-state index < -0.39 is 29.9 Å². The molecule has 0 radical (unpaired) electrons. The summed E-state index contributed by atoms with van der Waals surface area (Å²) in [7, 11) is 0. The molecule has 0 bridgehead atoms. The van der Waals surface area contributed by atoms with Crippen LogP contribution in [0, 0.1) is 0 Å². The summed E-state index contributed by atoms with van der Waals surface area (Å²) < 4.78 is 62.8. The first-order chi connectivity index (χ1) is 9.79. The number of benzene rings is 1. The molecule has 0 atom stereocenters. The lowest BCUT2D eigenvalue weighted by atomic mass is 10.2. The number of aromatic nitrogens is 2. The maximum atomic E-state index is 12.6. The van der Waals surface area contributed by atoms with Gasteiger partial charge < -0.3 is 5.32 Å². The van der Waals surface area contributed by atoms with Gasteiger partial charge in [-0.25, -0.2) is 0 Å². The van der Waals surface area contributed by atoms with E-state index in [4.69, 9.17) is 0 Å². The van der Waals surface area contributed by atoms with Crippen LogP contribution in [0.5, 0.6) is 0 Å². The molecule has 0 aliphatic carbocycles. The van der Waals surface area contributed by atoms with Gasteiger partial charge in [-0.3, -0.25) is 4.79 Å². The van der Waals surface area contributed by atoms with Crippen molar-refractivity contribution in [1.82, 2.24) is 9.78 Å². The van der Waals surface area contributed by atoms with E-state index in [-0.39, 0.29) is 10.4 Å². The summed E-state index contributed by atoms with van der Waals surface area (Å²) in [5.74, 6) is -0.980. The van der Waals surface area contributed by atoms with Crippen molar-refractivity contribution in [2.75, 3.05) is 5.32 Å². The second-order valence-corrected chi connectivity index (χ2v) is 3.97. The minimum absolute atomic E-state index is 0.156. The maximum absolute atomic E-state index is 12.6. The quantitative estimate of drug-likeness (QED) is 0.882. The van der Waals surface area contributed by atoms with Gasteiger partial charge in [0.25, 0.3) is 5.91 Å². The van der Waals surface area contributed by atoms with Crippen LogP contribution >= 0.6 is 0 Å². The summed E-state index contributed by atoms with van der Waals surface area (Å²) >= 11 is 0. The Bertz CT molecular complexity index is 650. The largest absolute Gasteiger partial charge is 0.416 e. The molecule has 0 saturated carbocycles. The van der Waals surface area contributed by atoms with E-state index in [1.807, 2.05) is 0 Å². The molecule has 0 spiro atoms. The standard InChI is InChI=1S/C12H8F5N3O/c13-11(14)20-9(4-5-18-20)10(21)19-8-3-1-2-7(6-8)12(15,16)17/h1-6,11H,(H,19,21). The van der Waals surface area contributed by atoms with Gasteiger partial charge in [0.2, 0.25) is 0 Å². The van der Waals surface area contributed by atoms with Crippen LogP contribution in [0.2, 0.25) is 0 Å². The molecule has 0 saturated heterocycles. The minimum Gasteiger partial charge on any atom is -0.321 e. The first kappa shape index (κ1) is 14.9. The number of carbonyl (C=O) groups is 1. The Labute approximate surface area is 115 Å². The van der Waals surface area contributed by atoms with Crippen molar-refractivity contribution in [3.8, 4) is 0 Å². The molecule has 1 aromatic heterocycles. The van der Waals surface area contributed by atoms with Gasteiger partial charge in [0.15, 0.2) is 0 Å². The molecule has 0 aliphatic heterocycles. The Morgan fingerprint density at radius 1 is 1.24 bits per heavy atom. The van der Waals surface area contributed by atoms with Gasteiger partial charge in [-0.15, -0.1) is 0 Å². The Kier molecular flexibility index (Phi) is 3.92. The number of hydrogen-bond acceptors (Lipinski definition) is 2. The van der Waals surface area contributed by atoms with E-state index in [1.165, 1.54) is 6.07 Å². The molecule has 2 aromatic rings. The summed E-state index contributed by atoms with van der Waals surface area (Å²) in [4.78, 5) is 11.8. The summed E-state index contributed by atoms with van der Waals surface area (Å²) in [6, 6.07) is 4.90. The highest BCUT2D eigenvalue weighted by Gasteiger charge is 2.30. The Morgan fingerprint density at radius 2 is 1.95 bits per heavy atom. The van der Waals surface area contributed by atoms with Crippen LogP contribution < -0.4 is 5.32 Å². The third-order valence-electron chi connectivity index (χ3n) is 2.54. The van der Waals surface area contributed by atoms with Crippen molar-refractivity contribution in [1.29, 1.82) is 0 Å². The molecule has 9 heteroatoms. The van der Waals surface area contributed by atoms with E-state index in [0.29, 0.717) is 6.07 Å². The zero-order valence-corrected chi connectivity index (χ0v) is 10.2. The molecule has 4 nitrogen and oxygen atoms in total. The van der Waals surface area contributed by atoms with Gasteiger partial charge in [-0.05, 0) is 24.3 Å². The average Bonchev–Trinajstić information content (AvgIpc) is 2.87. The van der Waals surface area contributed by atoms with E-state index in [2.05, 4.69) is 10.4 Å². The highest BCUT2D eigenvalue weighted by Crippen LogP contribution is 2.30. The first-order valence-corrected chi connectivity index (χ1v) is 5.59. The van der Waals surface area contributed by atoms with Gasteiger partial charge in [-0.1, -0.05) is 6.07 Å². The van der Waals surface area contributed by atoms with E-state index in [1.54, 1.807) is 0 Å². The van der Waals surface area contributed by atoms with Crippen molar-refractivity contribution in [3.05, 3.63) is 47.8 Å². The number of amides is 1. The van der Waals surface area contributed by atoms with E-state index >= 15 is 0 Å². The van der Waals surface area contributed by atoms with Crippen LogP contribution in [0.3, 0.4) is 0 Å². The lowest BCUT2D eigenvalue weighted by Crippen LogP contribution is -2.18. The van der Waals surface area contributed by atoms with Gasteiger partial charge in [-0.2, -0.15) is 31.7 Å². The molecule has 21 heavy (non-hydrogen) atoms. The minimum atomic E-state index is -4.56. The fourth-order valence-electron chi connectivity index (χ4n) is 1.62. The third-order valence-corrected chi connectivity index (χ3v) is 2.54. The smallest absolute Gasteiger partial charge is 0.321 e. The SMILES string of the molecule is O=C(Nc1cccc(C(F)(F)F)c1)c1ccnn1C(F)F. The molecule has 1 amide bonds. The summed E-state index contributed by atoms with van der Waals surface area (Å²) in [5.41, 5.74) is -1.57. The number of rotatable bonds is 3. The average molecular weight is 305 g/mol.